The molecule has 206 valence electrons. The summed E-state index contributed by atoms with van der Waals surface area (Å²) in [6.07, 6.45) is 1.21. The molecule has 0 aliphatic carbocycles. The number of para-hydroxylation sites is 1. The minimum absolute atomic E-state index is 0.121. The Bertz CT molecular complexity index is 1110. The van der Waals surface area contributed by atoms with Gasteiger partial charge in [0.05, 0.1) is 19.2 Å². The van der Waals surface area contributed by atoms with Gasteiger partial charge in [0.15, 0.2) is 0 Å². The van der Waals surface area contributed by atoms with E-state index in [1.54, 1.807) is 19.1 Å². The predicted octanol–water partition coefficient (Wildman–Crippen LogP) is 3.42. The standard InChI is InChI=1S/C30H42N4O4/c1-20(25-10-8-9-11-26(25)38-7)33(6)17-21-12-14-22(15-13-21)28(36)32-23-16-24(19-35)34(18-23)29(37)27(31-5)30(2,3)4/h8-15,19-20,23-24,27,31H,16-18H2,1-7H3,(H,32,36). The van der Waals surface area contributed by atoms with Gasteiger partial charge in [-0.15, -0.1) is 0 Å². The van der Waals surface area contributed by atoms with Crippen molar-refractivity contribution in [3.8, 4) is 5.75 Å². The summed E-state index contributed by atoms with van der Waals surface area (Å²) in [4.78, 5) is 41.7. The number of benzene rings is 2. The van der Waals surface area contributed by atoms with Gasteiger partial charge in [-0.25, -0.2) is 0 Å². The minimum atomic E-state index is -0.547. The summed E-state index contributed by atoms with van der Waals surface area (Å²) in [6, 6.07) is 14.5. The third-order valence-corrected chi connectivity index (χ3v) is 7.42. The Kier molecular flexibility index (Phi) is 9.68. The molecule has 0 radical (unpaired) electrons. The molecule has 2 amide bonds. The number of carbonyl (C=O) groups excluding carboxylic acids is 3. The van der Waals surface area contributed by atoms with E-state index in [1.165, 1.54) is 0 Å². The van der Waals surface area contributed by atoms with Crippen LogP contribution in [0, 0.1) is 5.41 Å². The van der Waals surface area contributed by atoms with Gasteiger partial charge >= 0.3 is 0 Å². The number of rotatable bonds is 10. The highest BCUT2D eigenvalue weighted by Crippen LogP contribution is 2.29. The molecule has 0 aromatic heterocycles. The highest BCUT2D eigenvalue weighted by molar-refractivity contribution is 5.94. The number of likely N-dealkylation sites (tertiary alicyclic amines) is 1. The average molecular weight is 523 g/mol. The van der Waals surface area contributed by atoms with Gasteiger partial charge in [0, 0.05) is 36.3 Å². The molecule has 4 unspecified atom stereocenters. The molecule has 3 rings (SSSR count). The number of nitrogens with one attached hydrogen (secondary N) is 2. The smallest absolute Gasteiger partial charge is 0.251 e. The molecule has 0 saturated carbocycles. The van der Waals surface area contributed by atoms with Crippen molar-refractivity contribution < 1.29 is 19.1 Å². The van der Waals surface area contributed by atoms with Crippen LogP contribution in [-0.2, 0) is 16.1 Å². The molecule has 0 spiro atoms. The van der Waals surface area contributed by atoms with Gasteiger partial charge < -0.3 is 25.1 Å². The first-order valence-electron chi connectivity index (χ1n) is 13.2. The van der Waals surface area contributed by atoms with E-state index in [-0.39, 0.29) is 29.3 Å². The molecule has 2 aromatic carbocycles. The second-order valence-electron chi connectivity index (χ2n) is 11.2. The number of nitrogens with zero attached hydrogens (tertiary/aromatic N) is 2. The summed E-state index contributed by atoms with van der Waals surface area (Å²) in [6.45, 7) is 9.12. The van der Waals surface area contributed by atoms with Crippen LogP contribution in [0.3, 0.4) is 0 Å². The fourth-order valence-electron chi connectivity index (χ4n) is 5.15. The van der Waals surface area contributed by atoms with Gasteiger partial charge in [-0.05, 0) is 56.6 Å². The van der Waals surface area contributed by atoms with Crippen molar-refractivity contribution in [3.05, 3.63) is 65.2 Å². The van der Waals surface area contributed by atoms with Crippen molar-refractivity contribution in [3.63, 3.8) is 0 Å². The Hall–Kier alpha value is -3.23. The first-order chi connectivity index (χ1) is 18.0. The molecule has 1 aliphatic rings. The minimum Gasteiger partial charge on any atom is -0.496 e. The Morgan fingerprint density at radius 3 is 2.39 bits per heavy atom. The second-order valence-corrected chi connectivity index (χ2v) is 11.2. The van der Waals surface area contributed by atoms with Crippen LogP contribution in [0.1, 0.15) is 61.6 Å². The molecule has 2 N–H and O–H groups in total. The molecule has 38 heavy (non-hydrogen) atoms. The van der Waals surface area contributed by atoms with Crippen molar-refractivity contribution in [2.45, 2.75) is 64.8 Å². The van der Waals surface area contributed by atoms with Crippen molar-refractivity contribution >= 4 is 18.1 Å². The molecule has 2 aromatic rings. The molecule has 0 bridgehead atoms. The van der Waals surface area contributed by atoms with E-state index in [0.717, 1.165) is 23.2 Å². The topological polar surface area (TPSA) is 91.0 Å². The largest absolute Gasteiger partial charge is 0.496 e. The summed E-state index contributed by atoms with van der Waals surface area (Å²) in [5, 5.41) is 6.10. The summed E-state index contributed by atoms with van der Waals surface area (Å²) in [5.74, 6) is 0.532. The van der Waals surface area contributed by atoms with E-state index in [0.29, 0.717) is 25.1 Å². The number of likely N-dealkylation sites (N-methyl/N-ethyl adjacent to an activating group) is 1. The zero-order chi connectivity index (χ0) is 28.0. The Balaban J connectivity index is 1.61. The quantitative estimate of drug-likeness (QED) is 0.465. The molecule has 8 nitrogen and oxygen atoms in total. The maximum Gasteiger partial charge on any atom is 0.251 e. The first-order valence-corrected chi connectivity index (χ1v) is 13.2. The van der Waals surface area contributed by atoms with E-state index < -0.39 is 12.1 Å². The van der Waals surface area contributed by atoms with Gasteiger partial charge in [-0.1, -0.05) is 51.1 Å². The Morgan fingerprint density at radius 2 is 1.82 bits per heavy atom. The normalized spacial score (nSPS) is 19.2. The summed E-state index contributed by atoms with van der Waals surface area (Å²) in [5.41, 5.74) is 2.45. The first kappa shape index (κ1) is 29.3. The van der Waals surface area contributed by atoms with Crippen LogP contribution in [-0.4, -0.2) is 73.8 Å². The highest BCUT2D eigenvalue weighted by Gasteiger charge is 2.41. The van der Waals surface area contributed by atoms with Crippen LogP contribution in [0.15, 0.2) is 48.5 Å². The number of hydrogen-bond acceptors (Lipinski definition) is 6. The van der Waals surface area contributed by atoms with Crippen molar-refractivity contribution in [1.29, 1.82) is 0 Å². The fraction of sp³-hybridized carbons (Fsp3) is 0.500. The lowest BCUT2D eigenvalue weighted by Crippen LogP contribution is -2.53. The lowest BCUT2D eigenvalue weighted by molar-refractivity contribution is -0.138. The lowest BCUT2D eigenvalue weighted by atomic mass is 9.86. The monoisotopic (exact) mass is 522 g/mol. The Labute approximate surface area is 226 Å². The third kappa shape index (κ3) is 6.79. The third-order valence-electron chi connectivity index (χ3n) is 7.42. The van der Waals surface area contributed by atoms with Crippen LogP contribution in [0.5, 0.6) is 5.75 Å². The number of methoxy groups -OCH3 is 1. The molecular formula is C30H42N4O4. The number of hydrogen-bond donors (Lipinski definition) is 2. The molecule has 8 heteroatoms. The average Bonchev–Trinajstić information content (AvgIpc) is 3.30. The van der Waals surface area contributed by atoms with Gasteiger partial charge in [0.25, 0.3) is 5.91 Å². The summed E-state index contributed by atoms with van der Waals surface area (Å²) in [7, 11) is 5.49. The number of carbonyl (C=O) groups is 3. The fourth-order valence-corrected chi connectivity index (χ4v) is 5.15. The van der Waals surface area contributed by atoms with E-state index in [4.69, 9.17) is 4.74 Å². The van der Waals surface area contributed by atoms with Crippen LogP contribution < -0.4 is 15.4 Å². The van der Waals surface area contributed by atoms with Gasteiger partial charge in [0.1, 0.15) is 12.0 Å². The van der Waals surface area contributed by atoms with E-state index in [9.17, 15) is 14.4 Å². The van der Waals surface area contributed by atoms with E-state index in [1.807, 2.05) is 63.2 Å². The molecule has 1 saturated heterocycles. The molecule has 4 atom stereocenters. The second kappa shape index (κ2) is 12.5. The van der Waals surface area contributed by atoms with Gasteiger partial charge in [-0.3, -0.25) is 14.5 Å². The van der Waals surface area contributed by atoms with Crippen LogP contribution in [0.4, 0.5) is 0 Å². The number of amides is 2. The molecule has 1 fully saturated rings. The number of ether oxygens (including phenoxy) is 1. The molecule has 1 heterocycles. The van der Waals surface area contributed by atoms with Crippen molar-refractivity contribution in [1.82, 2.24) is 20.4 Å². The molecular weight excluding hydrogens is 480 g/mol. The van der Waals surface area contributed by atoms with Crippen LogP contribution in [0.25, 0.3) is 0 Å². The van der Waals surface area contributed by atoms with E-state index in [2.05, 4.69) is 35.6 Å². The maximum absolute atomic E-state index is 13.2. The molecule has 1 aliphatic heterocycles. The zero-order valence-electron chi connectivity index (χ0n) is 23.7. The summed E-state index contributed by atoms with van der Waals surface area (Å²) >= 11 is 0. The Morgan fingerprint density at radius 1 is 1.16 bits per heavy atom. The van der Waals surface area contributed by atoms with Gasteiger partial charge in [-0.2, -0.15) is 0 Å². The zero-order valence-corrected chi connectivity index (χ0v) is 23.7. The SMILES string of the molecule is CNC(C(=O)N1CC(NC(=O)c2ccc(CN(C)C(C)c3ccccc3OC)cc2)CC1C=O)C(C)(C)C. The summed E-state index contributed by atoms with van der Waals surface area (Å²) < 4.78 is 5.51. The predicted molar refractivity (Wildman–Crippen MR) is 149 cm³/mol. The number of aldehydes is 1. The van der Waals surface area contributed by atoms with Crippen LogP contribution >= 0.6 is 0 Å². The van der Waals surface area contributed by atoms with Gasteiger partial charge in [0.2, 0.25) is 5.91 Å². The highest BCUT2D eigenvalue weighted by atomic mass is 16.5. The lowest BCUT2D eigenvalue weighted by Gasteiger charge is -2.34. The van der Waals surface area contributed by atoms with E-state index >= 15 is 0 Å². The van der Waals surface area contributed by atoms with Crippen molar-refractivity contribution in [2.24, 2.45) is 5.41 Å². The maximum atomic E-state index is 13.2. The van der Waals surface area contributed by atoms with Crippen molar-refractivity contribution in [2.75, 3.05) is 27.7 Å². The van der Waals surface area contributed by atoms with Crippen LogP contribution in [0.2, 0.25) is 0 Å².